The first-order chi connectivity index (χ1) is 8.42. The molecule has 0 aromatic rings. The van der Waals surface area contributed by atoms with Crippen LogP contribution in [0.4, 0.5) is 0 Å². The number of aliphatic hydroxyl groups is 1. The van der Waals surface area contributed by atoms with Gasteiger partial charge < -0.3 is 10.0 Å². The fourth-order valence-corrected chi connectivity index (χ4v) is 2.27. The molecule has 0 saturated heterocycles. The zero-order chi connectivity index (χ0) is 14.0. The smallest absolute Gasteiger partial charge is 0.0459 e. The van der Waals surface area contributed by atoms with Crippen LogP contribution >= 0.6 is 0 Å². The highest BCUT2D eigenvalue weighted by Gasteiger charge is 2.14. The monoisotopic (exact) mass is 257 g/mol. The Kier molecular flexibility index (Phi) is 9.76. The van der Waals surface area contributed by atoms with Gasteiger partial charge in [-0.25, -0.2) is 0 Å². The molecule has 0 aromatic carbocycles. The van der Waals surface area contributed by atoms with Gasteiger partial charge in [-0.1, -0.05) is 41.0 Å². The third-order valence-electron chi connectivity index (χ3n) is 3.79. The van der Waals surface area contributed by atoms with E-state index in [2.05, 4.69) is 39.5 Å². The maximum absolute atomic E-state index is 9.41. The van der Waals surface area contributed by atoms with Crippen molar-refractivity contribution < 1.29 is 5.11 Å². The molecule has 0 fully saturated rings. The van der Waals surface area contributed by atoms with Crippen LogP contribution in [0.2, 0.25) is 0 Å². The zero-order valence-corrected chi connectivity index (χ0v) is 13.3. The third kappa shape index (κ3) is 9.90. The lowest BCUT2D eigenvalue weighted by molar-refractivity contribution is 0.188. The maximum atomic E-state index is 9.41. The predicted molar refractivity (Wildman–Crippen MR) is 80.9 cm³/mol. The Bertz CT molecular complexity index is 182. The normalized spacial score (nSPS) is 14.2. The van der Waals surface area contributed by atoms with Gasteiger partial charge in [-0.3, -0.25) is 0 Å². The van der Waals surface area contributed by atoms with Crippen molar-refractivity contribution in [3.05, 3.63) is 0 Å². The average Bonchev–Trinajstić information content (AvgIpc) is 2.32. The number of unbranched alkanes of at least 4 members (excludes halogenated alkanes) is 1. The van der Waals surface area contributed by atoms with E-state index in [1.165, 1.54) is 38.6 Å². The first kappa shape index (κ1) is 17.9. The summed E-state index contributed by atoms with van der Waals surface area (Å²) in [6.07, 6.45) is 6.10. The molecule has 1 N–H and O–H groups in total. The zero-order valence-electron chi connectivity index (χ0n) is 13.3. The van der Waals surface area contributed by atoms with Gasteiger partial charge in [-0.05, 0) is 56.7 Å². The van der Waals surface area contributed by atoms with E-state index in [-0.39, 0.29) is 0 Å². The lowest BCUT2D eigenvalue weighted by Crippen LogP contribution is -2.24. The second kappa shape index (κ2) is 9.80. The Morgan fingerprint density at radius 3 is 2.06 bits per heavy atom. The van der Waals surface area contributed by atoms with E-state index in [0.29, 0.717) is 17.9 Å². The van der Waals surface area contributed by atoms with Gasteiger partial charge in [-0.2, -0.15) is 0 Å². The van der Waals surface area contributed by atoms with E-state index in [9.17, 15) is 5.11 Å². The van der Waals surface area contributed by atoms with Gasteiger partial charge in [-0.15, -0.1) is 0 Å². The van der Waals surface area contributed by atoms with Crippen molar-refractivity contribution in [1.82, 2.24) is 4.90 Å². The number of rotatable bonds is 10. The van der Waals surface area contributed by atoms with Gasteiger partial charge in [0, 0.05) is 6.61 Å². The summed E-state index contributed by atoms with van der Waals surface area (Å²) in [5.41, 5.74) is 0.397. The second-order valence-electron chi connectivity index (χ2n) is 6.67. The standard InChI is InChI=1S/C16H35NO/c1-6-17(7-2)13-9-8-10-15(14-18)11-12-16(3,4)5/h15,18H,6-14H2,1-5H3/t15-/m1/s1. The molecule has 0 rings (SSSR count). The molecule has 0 saturated carbocycles. The number of hydrogen-bond donors (Lipinski definition) is 1. The summed E-state index contributed by atoms with van der Waals surface area (Å²) in [6, 6.07) is 0. The molecule has 0 unspecified atom stereocenters. The van der Waals surface area contributed by atoms with Crippen molar-refractivity contribution in [3.63, 3.8) is 0 Å². The van der Waals surface area contributed by atoms with Gasteiger partial charge in [0.15, 0.2) is 0 Å². The maximum Gasteiger partial charge on any atom is 0.0459 e. The Balaban J connectivity index is 3.67. The molecule has 0 radical (unpaired) electrons. The average molecular weight is 257 g/mol. The second-order valence-corrected chi connectivity index (χ2v) is 6.67. The summed E-state index contributed by atoms with van der Waals surface area (Å²) in [6.45, 7) is 15.2. The van der Waals surface area contributed by atoms with E-state index < -0.39 is 0 Å². The molecule has 0 aliphatic heterocycles. The summed E-state index contributed by atoms with van der Waals surface area (Å²) < 4.78 is 0. The minimum absolute atomic E-state index is 0.362. The number of aliphatic hydroxyl groups excluding tert-OH is 1. The van der Waals surface area contributed by atoms with Crippen LogP contribution in [0.5, 0.6) is 0 Å². The van der Waals surface area contributed by atoms with Gasteiger partial charge in [0.25, 0.3) is 0 Å². The van der Waals surface area contributed by atoms with Crippen molar-refractivity contribution >= 4 is 0 Å². The summed E-state index contributed by atoms with van der Waals surface area (Å²) >= 11 is 0. The van der Waals surface area contributed by atoms with E-state index >= 15 is 0 Å². The summed E-state index contributed by atoms with van der Waals surface area (Å²) in [4.78, 5) is 2.48. The molecule has 2 heteroatoms. The number of nitrogens with zero attached hydrogens (tertiary/aromatic N) is 1. The van der Waals surface area contributed by atoms with Crippen molar-refractivity contribution in [2.45, 2.75) is 66.7 Å². The molecular formula is C16H35NO. The van der Waals surface area contributed by atoms with Crippen LogP contribution in [0.3, 0.4) is 0 Å². The van der Waals surface area contributed by atoms with Crippen LogP contribution in [-0.2, 0) is 0 Å². The molecule has 0 aliphatic carbocycles. The van der Waals surface area contributed by atoms with E-state index in [1.807, 2.05) is 0 Å². The quantitative estimate of drug-likeness (QED) is 0.599. The highest BCUT2D eigenvalue weighted by molar-refractivity contribution is 4.66. The van der Waals surface area contributed by atoms with Crippen LogP contribution in [0.25, 0.3) is 0 Å². The molecule has 0 heterocycles. The molecule has 18 heavy (non-hydrogen) atoms. The summed E-state index contributed by atoms with van der Waals surface area (Å²) in [5.74, 6) is 0.515. The minimum Gasteiger partial charge on any atom is -0.396 e. The van der Waals surface area contributed by atoms with Crippen molar-refractivity contribution in [2.24, 2.45) is 11.3 Å². The first-order valence-electron chi connectivity index (χ1n) is 7.76. The van der Waals surface area contributed by atoms with Crippen LogP contribution < -0.4 is 0 Å². The molecule has 0 spiro atoms. The van der Waals surface area contributed by atoms with Crippen LogP contribution in [-0.4, -0.2) is 36.2 Å². The Morgan fingerprint density at radius 1 is 1.00 bits per heavy atom. The van der Waals surface area contributed by atoms with Gasteiger partial charge >= 0.3 is 0 Å². The van der Waals surface area contributed by atoms with Crippen molar-refractivity contribution in [1.29, 1.82) is 0 Å². The van der Waals surface area contributed by atoms with E-state index in [0.717, 1.165) is 13.1 Å². The SMILES string of the molecule is CCN(CC)CCCC[C@@H](CO)CCC(C)(C)C. The molecule has 110 valence electrons. The fraction of sp³-hybridized carbons (Fsp3) is 1.00. The highest BCUT2D eigenvalue weighted by atomic mass is 16.3. The summed E-state index contributed by atoms with van der Waals surface area (Å²) in [5, 5.41) is 9.41. The van der Waals surface area contributed by atoms with Crippen LogP contribution in [0, 0.1) is 11.3 Å². The summed E-state index contributed by atoms with van der Waals surface area (Å²) in [7, 11) is 0. The lowest BCUT2D eigenvalue weighted by Gasteiger charge is -2.22. The van der Waals surface area contributed by atoms with Crippen LogP contribution in [0.1, 0.15) is 66.7 Å². The molecule has 0 amide bonds. The molecule has 0 aromatic heterocycles. The van der Waals surface area contributed by atoms with Crippen molar-refractivity contribution in [2.75, 3.05) is 26.2 Å². The van der Waals surface area contributed by atoms with E-state index in [4.69, 9.17) is 0 Å². The third-order valence-corrected chi connectivity index (χ3v) is 3.79. The largest absolute Gasteiger partial charge is 0.396 e. The topological polar surface area (TPSA) is 23.5 Å². The Hall–Kier alpha value is -0.0800. The molecule has 0 bridgehead atoms. The molecule has 1 atom stereocenters. The van der Waals surface area contributed by atoms with Crippen LogP contribution in [0.15, 0.2) is 0 Å². The van der Waals surface area contributed by atoms with Gasteiger partial charge in [0.2, 0.25) is 0 Å². The van der Waals surface area contributed by atoms with Gasteiger partial charge in [0.05, 0.1) is 0 Å². The molecular weight excluding hydrogens is 222 g/mol. The first-order valence-corrected chi connectivity index (χ1v) is 7.76. The number of hydrogen-bond acceptors (Lipinski definition) is 2. The minimum atomic E-state index is 0.362. The predicted octanol–water partition coefficient (Wildman–Crippen LogP) is 3.93. The van der Waals surface area contributed by atoms with E-state index in [1.54, 1.807) is 0 Å². The molecule has 0 aliphatic rings. The highest BCUT2D eigenvalue weighted by Crippen LogP contribution is 2.25. The van der Waals surface area contributed by atoms with Crippen molar-refractivity contribution in [3.8, 4) is 0 Å². The molecule has 2 nitrogen and oxygen atoms in total. The fourth-order valence-electron chi connectivity index (χ4n) is 2.27. The Morgan fingerprint density at radius 2 is 1.61 bits per heavy atom. The lowest BCUT2D eigenvalue weighted by atomic mass is 9.85. The Labute approximate surface area is 115 Å². The van der Waals surface area contributed by atoms with Gasteiger partial charge in [0.1, 0.15) is 0 Å².